The number of ether oxygens (including phenoxy) is 1. The summed E-state index contributed by atoms with van der Waals surface area (Å²) in [5.74, 6) is 0.155. The Labute approximate surface area is 114 Å². The van der Waals surface area contributed by atoms with Crippen LogP contribution in [0, 0.1) is 0 Å². The van der Waals surface area contributed by atoms with E-state index < -0.39 is 5.60 Å². The van der Waals surface area contributed by atoms with Crippen molar-refractivity contribution in [3.8, 4) is 0 Å². The lowest BCUT2D eigenvalue weighted by Crippen LogP contribution is -2.65. The maximum absolute atomic E-state index is 11.8. The summed E-state index contributed by atoms with van der Waals surface area (Å²) in [6.07, 6.45) is -0.260. The third-order valence-electron chi connectivity index (χ3n) is 3.52. The zero-order valence-corrected chi connectivity index (χ0v) is 12.2. The molecule has 2 aliphatic heterocycles. The molecule has 0 unspecified atom stereocenters. The van der Waals surface area contributed by atoms with Crippen molar-refractivity contribution in [1.82, 2.24) is 14.7 Å². The first-order chi connectivity index (χ1) is 8.76. The van der Waals surface area contributed by atoms with Crippen LogP contribution in [-0.2, 0) is 9.53 Å². The van der Waals surface area contributed by atoms with Gasteiger partial charge in [-0.05, 0) is 20.8 Å². The van der Waals surface area contributed by atoms with Gasteiger partial charge in [0.05, 0.1) is 6.54 Å². The van der Waals surface area contributed by atoms with Crippen molar-refractivity contribution < 1.29 is 14.3 Å². The van der Waals surface area contributed by atoms with Gasteiger partial charge in [-0.1, -0.05) is 0 Å². The van der Waals surface area contributed by atoms with Gasteiger partial charge in [0.1, 0.15) is 5.60 Å². The zero-order chi connectivity index (χ0) is 14.2. The molecule has 0 atom stereocenters. The molecule has 2 aliphatic rings. The lowest BCUT2D eigenvalue weighted by molar-refractivity contribution is -0.137. The van der Waals surface area contributed by atoms with Crippen molar-refractivity contribution in [1.29, 1.82) is 0 Å². The minimum atomic E-state index is -0.452. The summed E-state index contributed by atoms with van der Waals surface area (Å²) in [6, 6.07) is 0.296. The van der Waals surface area contributed by atoms with Gasteiger partial charge in [-0.25, -0.2) is 4.79 Å². The fourth-order valence-corrected chi connectivity index (χ4v) is 2.25. The van der Waals surface area contributed by atoms with Gasteiger partial charge in [-0.15, -0.1) is 0 Å². The predicted molar refractivity (Wildman–Crippen MR) is 70.8 cm³/mol. The molecule has 0 aliphatic carbocycles. The van der Waals surface area contributed by atoms with Crippen LogP contribution < -0.4 is 0 Å². The summed E-state index contributed by atoms with van der Waals surface area (Å²) in [4.78, 5) is 29.0. The molecule has 108 valence electrons. The second-order valence-electron chi connectivity index (χ2n) is 6.32. The van der Waals surface area contributed by atoms with Crippen molar-refractivity contribution in [2.45, 2.75) is 32.4 Å². The molecule has 0 aromatic heterocycles. The first-order valence-corrected chi connectivity index (χ1v) is 6.72. The lowest BCUT2D eigenvalue weighted by Gasteiger charge is -2.47. The normalized spacial score (nSPS) is 22.4. The van der Waals surface area contributed by atoms with Crippen LogP contribution in [0.3, 0.4) is 0 Å². The summed E-state index contributed by atoms with van der Waals surface area (Å²) in [6.45, 7) is 9.02. The molecule has 2 rings (SSSR count). The molecular formula is C13H23N3O3. The van der Waals surface area contributed by atoms with E-state index in [9.17, 15) is 9.59 Å². The van der Waals surface area contributed by atoms with E-state index in [1.807, 2.05) is 27.8 Å². The standard InChI is InChI=1S/C13H23N3O3/c1-13(2,3)19-12(18)16-7-10(8-16)15-6-5-14(4)11(17)9-15/h10H,5-9H2,1-4H3. The fourth-order valence-electron chi connectivity index (χ4n) is 2.25. The zero-order valence-electron chi connectivity index (χ0n) is 12.2. The second kappa shape index (κ2) is 5.00. The first kappa shape index (κ1) is 14.1. The molecule has 0 aromatic rings. The summed E-state index contributed by atoms with van der Waals surface area (Å²) in [5.41, 5.74) is -0.452. The molecule has 6 heteroatoms. The van der Waals surface area contributed by atoms with E-state index in [0.29, 0.717) is 25.7 Å². The predicted octanol–water partition coefficient (Wildman–Crippen LogP) is 0.380. The van der Waals surface area contributed by atoms with E-state index in [1.54, 1.807) is 9.80 Å². The molecule has 2 fully saturated rings. The van der Waals surface area contributed by atoms with Crippen LogP contribution >= 0.6 is 0 Å². The number of hydrogen-bond acceptors (Lipinski definition) is 4. The first-order valence-electron chi connectivity index (χ1n) is 6.72. The molecule has 2 amide bonds. The Kier molecular flexibility index (Phi) is 3.71. The van der Waals surface area contributed by atoms with E-state index in [2.05, 4.69) is 4.90 Å². The third-order valence-corrected chi connectivity index (χ3v) is 3.52. The van der Waals surface area contributed by atoms with E-state index in [4.69, 9.17) is 4.74 Å². The van der Waals surface area contributed by atoms with Gasteiger partial charge in [0.15, 0.2) is 0 Å². The Morgan fingerprint density at radius 1 is 1.26 bits per heavy atom. The number of nitrogens with zero attached hydrogens (tertiary/aromatic N) is 3. The van der Waals surface area contributed by atoms with E-state index in [1.165, 1.54) is 0 Å². The third kappa shape index (κ3) is 3.37. The van der Waals surface area contributed by atoms with Crippen LogP contribution in [0.4, 0.5) is 4.79 Å². The Balaban J connectivity index is 1.77. The highest BCUT2D eigenvalue weighted by molar-refractivity contribution is 5.78. The van der Waals surface area contributed by atoms with Crippen molar-refractivity contribution in [2.24, 2.45) is 0 Å². The topological polar surface area (TPSA) is 53.1 Å². The van der Waals surface area contributed by atoms with E-state index in [-0.39, 0.29) is 12.0 Å². The SMILES string of the molecule is CN1CCN(C2CN(C(=O)OC(C)(C)C)C2)CC1=O. The number of likely N-dealkylation sites (N-methyl/N-ethyl adjacent to an activating group) is 1. The molecule has 2 saturated heterocycles. The highest BCUT2D eigenvalue weighted by Gasteiger charge is 2.38. The smallest absolute Gasteiger partial charge is 0.410 e. The van der Waals surface area contributed by atoms with Crippen LogP contribution in [-0.4, -0.2) is 78.1 Å². The largest absolute Gasteiger partial charge is 0.444 e. The van der Waals surface area contributed by atoms with Crippen LogP contribution in [0.1, 0.15) is 20.8 Å². The maximum Gasteiger partial charge on any atom is 0.410 e. The van der Waals surface area contributed by atoms with Gasteiger partial charge in [-0.2, -0.15) is 0 Å². The van der Waals surface area contributed by atoms with Crippen molar-refractivity contribution >= 4 is 12.0 Å². The van der Waals surface area contributed by atoms with E-state index >= 15 is 0 Å². The van der Waals surface area contributed by atoms with Crippen LogP contribution in [0.15, 0.2) is 0 Å². The highest BCUT2D eigenvalue weighted by atomic mass is 16.6. The van der Waals surface area contributed by atoms with Gasteiger partial charge in [0, 0.05) is 39.3 Å². The van der Waals surface area contributed by atoms with Gasteiger partial charge in [0.2, 0.25) is 5.91 Å². The molecule has 19 heavy (non-hydrogen) atoms. The number of carbonyl (C=O) groups is 2. The van der Waals surface area contributed by atoms with Crippen molar-refractivity contribution in [3.05, 3.63) is 0 Å². The molecule has 0 saturated carbocycles. The molecule has 0 aromatic carbocycles. The molecule has 0 radical (unpaired) electrons. The molecular weight excluding hydrogens is 246 g/mol. The van der Waals surface area contributed by atoms with Crippen LogP contribution in [0.5, 0.6) is 0 Å². The van der Waals surface area contributed by atoms with Gasteiger partial charge in [-0.3, -0.25) is 9.69 Å². The Morgan fingerprint density at radius 2 is 1.89 bits per heavy atom. The summed E-state index contributed by atoms with van der Waals surface area (Å²) < 4.78 is 5.31. The Bertz CT molecular complexity index is 372. The van der Waals surface area contributed by atoms with E-state index in [0.717, 1.165) is 13.1 Å². The van der Waals surface area contributed by atoms with Crippen molar-refractivity contribution in [3.63, 3.8) is 0 Å². The minimum Gasteiger partial charge on any atom is -0.444 e. The molecule has 0 spiro atoms. The highest BCUT2D eigenvalue weighted by Crippen LogP contribution is 2.20. The molecule has 0 bridgehead atoms. The van der Waals surface area contributed by atoms with Crippen molar-refractivity contribution in [2.75, 3.05) is 39.8 Å². The number of carbonyl (C=O) groups excluding carboxylic acids is 2. The van der Waals surface area contributed by atoms with Crippen LogP contribution in [0.2, 0.25) is 0 Å². The van der Waals surface area contributed by atoms with Gasteiger partial charge >= 0.3 is 6.09 Å². The fraction of sp³-hybridized carbons (Fsp3) is 0.846. The Hall–Kier alpha value is -1.30. The summed E-state index contributed by atoms with van der Waals surface area (Å²) in [7, 11) is 1.83. The number of hydrogen-bond donors (Lipinski definition) is 0. The van der Waals surface area contributed by atoms with Gasteiger partial charge in [0.25, 0.3) is 0 Å². The molecule has 2 heterocycles. The van der Waals surface area contributed by atoms with Gasteiger partial charge < -0.3 is 14.5 Å². The lowest BCUT2D eigenvalue weighted by atomic mass is 10.1. The number of amides is 2. The summed E-state index contributed by atoms with van der Waals surface area (Å²) >= 11 is 0. The second-order valence-corrected chi connectivity index (χ2v) is 6.32. The van der Waals surface area contributed by atoms with Crippen LogP contribution in [0.25, 0.3) is 0 Å². The molecule has 6 nitrogen and oxygen atoms in total. The average molecular weight is 269 g/mol. The summed E-state index contributed by atoms with van der Waals surface area (Å²) in [5, 5.41) is 0. The number of rotatable bonds is 1. The monoisotopic (exact) mass is 269 g/mol. The number of likely N-dealkylation sites (tertiary alicyclic amines) is 1. The Morgan fingerprint density at radius 3 is 2.42 bits per heavy atom. The quantitative estimate of drug-likeness (QED) is 0.690. The molecule has 0 N–H and O–H groups in total. The number of piperazine rings is 1. The average Bonchev–Trinajstić information content (AvgIpc) is 2.18. The minimum absolute atomic E-state index is 0.155. The maximum atomic E-state index is 11.8.